The van der Waals surface area contributed by atoms with Gasteiger partial charge in [-0.1, -0.05) is 18.6 Å². The van der Waals surface area contributed by atoms with Gasteiger partial charge in [-0.05, 0) is 36.6 Å². The van der Waals surface area contributed by atoms with Crippen LogP contribution in [0.3, 0.4) is 0 Å². The first-order valence-electron chi connectivity index (χ1n) is 9.10. The van der Waals surface area contributed by atoms with Crippen LogP contribution in [0.25, 0.3) is 0 Å². The van der Waals surface area contributed by atoms with E-state index in [1.165, 1.54) is 28.6 Å². The molecule has 1 aliphatic rings. The number of rotatable bonds is 6. The van der Waals surface area contributed by atoms with E-state index in [-0.39, 0.29) is 22.7 Å². The van der Waals surface area contributed by atoms with E-state index < -0.39 is 26.7 Å². The van der Waals surface area contributed by atoms with Gasteiger partial charge < -0.3 is 5.32 Å². The Morgan fingerprint density at radius 1 is 1.10 bits per heavy atom. The van der Waals surface area contributed by atoms with Crippen LogP contribution in [0.1, 0.15) is 24.8 Å². The maximum atomic E-state index is 13.8. The molecule has 154 valence electrons. The van der Waals surface area contributed by atoms with Crippen LogP contribution in [-0.4, -0.2) is 36.6 Å². The lowest BCUT2D eigenvalue weighted by molar-refractivity contribution is -0.384. The largest absolute Gasteiger partial charge is 0.323 e. The van der Waals surface area contributed by atoms with Crippen molar-refractivity contribution < 1.29 is 22.5 Å². The van der Waals surface area contributed by atoms with Crippen molar-refractivity contribution in [2.45, 2.75) is 30.6 Å². The SMILES string of the molecule is O=C(Cc1ccc(S(=O)(=O)N2CCCCC2)cc1)Nc1cc([N+](=O)[O-])ccc1F. The molecule has 0 aliphatic carbocycles. The molecular weight excluding hydrogens is 401 g/mol. The first-order chi connectivity index (χ1) is 13.8. The van der Waals surface area contributed by atoms with E-state index in [1.807, 2.05) is 0 Å². The Hall–Kier alpha value is -2.85. The zero-order valence-electron chi connectivity index (χ0n) is 15.5. The summed E-state index contributed by atoms with van der Waals surface area (Å²) in [6.07, 6.45) is 2.56. The Labute approximate surface area is 167 Å². The summed E-state index contributed by atoms with van der Waals surface area (Å²) < 4.78 is 40.5. The molecule has 0 aromatic heterocycles. The van der Waals surface area contributed by atoms with Crippen LogP contribution in [0.5, 0.6) is 0 Å². The number of anilines is 1. The molecule has 0 atom stereocenters. The molecular formula is C19H20FN3O5S. The van der Waals surface area contributed by atoms with Crippen molar-refractivity contribution in [2.75, 3.05) is 18.4 Å². The maximum absolute atomic E-state index is 13.8. The number of hydrogen-bond donors (Lipinski definition) is 1. The van der Waals surface area contributed by atoms with Gasteiger partial charge in [0.25, 0.3) is 5.69 Å². The van der Waals surface area contributed by atoms with Crippen molar-refractivity contribution in [2.24, 2.45) is 0 Å². The summed E-state index contributed by atoms with van der Waals surface area (Å²) in [5, 5.41) is 13.1. The van der Waals surface area contributed by atoms with E-state index in [4.69, 9.17) is 0 Å². The zero-order chi connectivity index (χ0) is 21.0. The number of benzene rings is 2. The van der Waals surface area contributed by atoms with Gasteiger partial charge >= 0.3 is 0 Å². The molecule has 8 nitrogen and oxygen atoms in total. The van der Waals surface area contributed by atoms with E-state index in [1.54, 1.807) is 0 Å². The highest BCUT2D eigenvalue weighted by molar-refractivity contribution is 7.89. The maximum Gasteiger partial charge on any atom is 0.271 e. The molecule has 0 unspecified atom stereocenters. The van der Waals surface area contributed by atoms with Gasteiger partial charge in [-0.3, -0.25) is 14.9 Å². The van der Waals surface area contributed by atoms with Crippen molar-refractivity contribution in [3.05, 3.63) is 64.0 Å². The smallest absolute Gasteiger partial charge is 0.271 e. The van der Waals surface area contributed by atoms with E-state index in [2.05, 4.69) is 5.32 Å². The number of halogens is 1. The van der Waals surface area contributed by atoms with Gasteiger partial charge in [0.1, 0.15) is 5.82 Å². The topological polar surface area (TPSA) is 110 Å². The molecule has 1 aliphatic heterocycles. The summed E-state index contributed by atoms with van der Waals surface area (Å²) in [6.45, 7) is 1.00. The molecule has 2 aromatic rings. The first kappa shape index (κ1) is 20.9. The summed E-state index contributed by atoms with van der Waals surface area (Å²) in [4.78, 5) is 22.4. The quantitative estimate of drug-likeness (QED) is 0.569. The predicted molar refractivity (Wildman–Crippen MR) is 104 cm³/mol. The molecule has 29 heavy (non-hydrogen) atoms. The number of carbonyl (C=O) groups excluding carboxylic acids is 1. The Morgan fingerprint density at radius 2 is 1.76 bits per heavy atom. The fourth-order valence-electron chi connectivity index (χ4n) is 3.14. The van der Waals surface area contributed by atoms with Gasteiger partial charge in [0.15, 0.2) is 0 Å². The summed E-state index contributed by atoms with van der Waals surface area (Å²) in [7, 11) is -3.55. The number of nitrogens with zero attached hydrogens (tertiary/aromatic N) is 2. The normalized spacial score (nSPS) is 15.1. The minimum atomic E-state index is -3.55. The highest BCUT2D eigenvalue weighted by Crippen LogP contribution is 2.23. The van der Waals surface area contributed by atoms with E-state index in [0.29, 0.717) is 18.7 Å². The third kappa shape index (κ3) is 4.96. The summed E-state index contributed by atoms with van der Waals surface area (Å²) in [5.41, 5.74) is -0.0894. The van der Waals surface area contributed by atoms with Crippen molar-refractivity contribution in [3.8, 4) is 0 Å². The molecule has 2 aromatic carbocycles. The van der Waals surface area contributed by atoms with Gasteiger partial charge in [-0.2, -0.15) is 4.31 Å². The summed E-state index contributed by atoms with van der Waals surface area (Å²) in [5.74, 6) is -1.36. The van der Waals surface area contributed by atoms with Crippen molar-refractivity contribution in [1.29, 1.82) is 0 Å². The molecule has 0 spiro atoms. The van der Waals surface area contributed by atoms with Gasteiger partial charge in [-0.15, -0.1) is 0 Å². The number of nitro groups is 1. The zero-order valence-corrected chi connectivity index (χ0v) is 16.3. The molecule has 0 saturated carbocycles. The summed E-state index contributed by atoms with van der Waals surface area (Å²) in [6, 6.07) is 8.81. The number of hydrogen-bond acceptors (Lipinski definition) is 5. The minimum Gasteiger partial charge on any atom is -0.323 e. The lowest BCUT2D eigenvalue weighted by Gasteiger charge is -2.25. The van der Waals surface area contributed by atoms with Crippen molar-refractivity contribution in [1.82, 2.24) is 4.31 Å². The van der Waals surface area contributed by atoms with Gasteiger partial charge in [0.05, 0.1) is 21.9 Å². The first-order valence-corrected chi connectivity index (χ1v) is 10.5. The Morgan fingerprint density at radius 3 is 2.38 bits per heavy atom. The number of carbonyl (C=O) groups is 1. The molecule has 1 heterocycles. The predicted octanol–water partition coefficient (Wildman–Crippen LogP) is 3.09. The number of nitrogens with one attached hydrogen (secondary N) is 1. The van der Waals surface area contributed by atoms with Crippen LogP contribution in [0.2, 0.25) is 0 Å². The highest BCUT2D eigenvalue weighted by Gasteiger charge is 2.25. The van der Waals surface area contributed by atoms with Crippen LogP contribution >= 0.6 is 0 Å². The molecule has 1 fully saturated rings. The number of amides is 1. The molecule has 10 heteroatoms. The molecule has 3 rings (SSSR count). The fourth-order valence-corrected chi connectivity index (χ4v) is 4.65. The molecule has 0 bridgehead atoms. The lowest BCUT2D eigenvalue weighted by atomic mass is 10.1. The van der Waals surface area contributed by atoms with Gasteiger partial charge in [0, 0.05) is 25.2 Å². The molecule has 1 amide bonds. The van der Waals surface area contributed by atoms with Gasteiger partial charge in [0.2, 0.25) is 15.9 Å². The van der Waals surface area contributed by atoms with E-state index in [0.717, 1.165) is 37.5 Å². The monoisotopic (exact) mass is 421 g/mol. The average Bonchev–Trinajstić information content (AvgIpc) is 2.70. The van der Waals surface area contributed by atoms with Crippen molar-refractivity contribution >= 4 is 27.3 Å². The third-order valence-corrected chi connectivity index (χ3v) is 6.59. The molecule has 0 radical (unpaired) electrons. The standard InChI is InChI=1S/C19H20FN3O5S/c20-17-9-6-15(23(25)26)13-18(17)21-19(24)12-14-4-7-16(8-5-14)29(27,28)22-10-2-1-3-11-22/h4-9,13H,1-3,10-12H2,(H,21,24). The van der Waals surface area contributed by atoms with Crippen LogP contribution in [-0.2, 0) is 21.2 Å². The molecule has 1 saturated heterocycles. The van der Waals surface area contributed by atoms with E-state index in [9.17, 15) is 27.7 Å². The number of sulfonamides is 1. The number of non-ortho nitro benzene ring substituents is 1. The number of piperidine rings is 1. The highest BCUT2D eigenvalue weighted by atomic mass is 32.2. The van der Waals surface area contributed by atoms with E-state index >= 15 is 0 Å². The fraction of sp³-hybridized carbons (Fsp3) is 0.316. The Balaban J connectivity index is 1.67. The van der Waals surface area contributed by atoms with Crippen LogP contribution in [0.15, 0.2) is 47.4 Å². The van der Waals surface area contributed by atoms with Crippen molar-refractivity contribution in [3.63, 3.8) is 0 Å². The number of nitro benzene ring substituents is 1. The third-order valence-electron chi connectivity index (χ3n) is 4.68. The van der Waals surface area contributed by atoms with Gasteiger partial charge in [-0.25, -0.2) is 12.8 Å². The Bertz CT molecular complexity index is 1020. The molecule has 1 N–H and O–H groups in total. The minimum absolute atomic E-state index is 0.133. The summed E-state index contributed by atoms with van der Waals surface area (Å²) >= 11 is 0. The lowest BCUT2D eigenvalue weighted by Crippen LogP contribution is -2.35. The second-order valence-electron chi connectivity index (χ2n) is 6.75. The van der Waals surface area contributed by atoms with Crippen LogP contribution in [0.4, 0.5) is 15.8 Å². The van der Waals surface area contributed by atoms with Crippen LogP contribution < -0.4 is 5.32 Å². The average molecular weight is 421 g/mol. The Kier molecular flexibility index (Phi) is 6.23. The van der Waals surface area contributed by atoms with Crippen LogP contribution in [0, 0.1) is 15.9 Å². The second-order valence-corrected chi connectivity index (χ2v) is 8.69. The second kappa shape index (κ2) is 8.66.